The SMILES string of the molecule is CCCN(CC(=O)O)C(=O)c1sc(-c2c(C)c(C)nn(C)c2=O)nc1C. The van der Waals surface area contributed by atoms with Gasteiger partial charge in [-0.2, -0.15) is 5.10 Å². The smallest absolute Gasteiger partial charge is 0.323 e. The quantitative estimate of drug-likeness (QED) is 0.821. The fourth-order valence-corrected chi connectivity index (χ4v) is 3.76. The lowest BCUT2D eigenvalue weighted by molar-refractivity contribution is -0.137. The molecule has 2 aromatic heterocycles. The Bertz CT molecular complexity index is 916. The fourth-order valence-electron chi connectivity index (χ4n) is 2.63. The van der Waals surface area contributed by atoms with Crippen molar-refractivity contribution in [2.24, 2.45) is 7.05 Å². The minimum atomic E-state index is -1.07. The van der Waals surface area contributed by atoms with Crippen LogP contribution >= 0.6 is 11.3 Å². The zero-order valence-corrected chi connectivity index (χ0v) is 16.3. The fraction of sp³-hybridized carbons (Fsp3) is 0.471. The number of carboxylic acid groups (broad SMARTS) is 1. The second kappa shape index (κ2) is 7.77. The van der Waals surface area contributed by atoms with Crippen LogP contribution < -0.4 is 5.56 Å². The monoisotopic (exact) mass is 378 g/mol. The lowest BCUT2D eigenvalue weighted by Gasteiger charge is -2.19. The first-order valence-corrected chi connectivity index (χ1v) is 9.02. The van der Waals surface area contributed by atoms with Crippen LogP contribution in [0.3, 0.4) is 0 Å². The van der Waals surface area contributed by atoms with Crippen molar-refractivity contribution in [1.82, 2.24) is 19.7 Å². The van der Waals surface area contributed by atoms with Crippen molar-refractivity contribution in [3.63, 3.8) is 0 Å². The van der Waals surface area contributed by atoms with Crippen LogP contribution in [0.25, 0.3) is 10.6 Å². The number of thiazole rings is 1. The van der Waals surface area contributed by atoms with Crippen LogP contribution in [0.5, 0.6) is 0 Å². The summed E-state index contributed by atoms with van der Waals surface area (Å²) in [6.45, 7) is 7.14. The van der Waals surface area contributed by atoms with Gasteiger partial charge < -0.3 is 10.0 Å². The van der Waals surface area contributed by atoms with E-state index < -0.39 is 5.97 Å². The van der Waals surface area contributed by atoms with Crippen molar-refractivity contribution >= 4 is 23.2 Å². The first-order valence-electron chi connectivity index (χ1n) is 8.20. The molecule has 0 saturated heterocycles. The predicted octanol–water partition coefficient (Wildman–Crippen LogP) is 1.77. The third kappa shape index (κ3) is 3.82. The highest BCUT2D eigenvalue weighted by Gasteiger charge is 2.25. The highest BCUT2D eigenvalue weighted by Crippen LogP contribution is 2.29. The number of rotatable bonds is 6. The van der Waals surface area contributed by atoms with Gasteiger partial charge >= 0.3 is 5.97 Å². The maximum Gasteiger partial charge on any atom is 0.323 e. The molecular formula is C17H22N4O4S. The summed E-state index contributed by atoms with van der Waals surface area (Å²) >= 11 is 1.11. The van der Waals surface area contributed by atoms with E-state index in [-0.39, 0.29) is 18.0 Å². The van der Waals surface area contributed by atoms with Crippen molar-refractivity contribution in [2.75, 3.05) is 13.1 Å². The Balaban J connectivity index is 2.52. The molecule has 0 atom stereocenters. The molecule has 2 heterocycles. The summed E-state index contributed by atoms with van der Waals surface area (Å²) in [6.07, 6.45) is 0.646. The number of hydrogen-bond acceptors (Lipinski definition) is 6. The lowest BCUT2D eigenvalue weighted by Crippen LogP contribution is -2.36. The molecule has 1 amide bonds. The van der Waals surface area contributed by atoms with Crippen molar-refractivity contribution in [1.29, 1.82) is 0 Å². The molecule has 26 heavy (non-hydrogen) atoms. The van der Waals surface area contributed by atoms with Gasteiger partial charge in [0.2, 0.25) is 0 Å². The van der Waals surface area contributed by atoms with Crippen molar-refractivity contribution in [2.45, 2.75) is 34.1 Å². The van der Waals surface area contributed by atoms with Crippen molar-refractivity contribution in [3.05, 3.63) is 32.2 Å². The predicted molar refractivity (Wildman–Crippen MR) is 98.6 cm³/mol. The normalized spacial score (nSPS) is 10.8. The zero-order valence-electron chi connectivity index (χ0n) is 15.5. The summed E-state index contributed by atoms with van der Waals surface area (Å²) in [6, 6.07) is 0. The largest absolute Gasteiger partial charge is 0.480 e. The molecule has 0 aliphatic rings. The highest BCUT2D eigenvalue weighted by molar-refractivity contribution is 7.17. The van der Waals surface area contributed by atoms with Gasteiger partial charge in [0, 0.05) is 13.6 Å². The molecule has 0 aliphatic carbocycles. The van der Waals surface area contributed by atoms with Gasteiger partial charge in [0.05, 0.1) is 17.0 Å². The summed E-state index contributed by atoms with van der Waals surface area (Å²) in [5.41, 5.74) is 2.06. The van der Waals surface area contributed by atoms with E-state index in [0.29, 0.717) is 39.8 Å². The Morgan fingerprint density at radius 2 is 1.88 bits per heavy atom. The van der Waals surface area contributed by atoms with E-state index in [1.165, 1.54) is 9.58 Å². The zero-order chi connectivity index (χ0) is 19.6. The van der Waals surface area contributed by atoms with Crippen LogP contribution in [0.1, 0.15) is 40.0 Å². The average molecular weight is 378 g/mol. The number of aliphatic carboxylic acids is 1. The molecule has 2 aromatic rings. The first kappa shape index (κ1) is 19.8. The summed E-state index contributed by atoms with van der Waals surface area (Å²) in [5.74, 6) is -1.44. The van der Waals surface area contributed by atoms with Crippen LogP contribution in [-0.2, 0) is 11.8 Å². The lowest BCUT2D eigenvalue weighted by atomic mass is 10.1. The Morgan fingerprint density at radius 1 is 1.23 bits per heavy atom. The molecule has 0 aliphatic heterocycles. The number of carbonyl (C=O) groups excluding carboxylic acids is 1. The molecule has 0 saturated carbocycles. The number of carbonyl (C=O) groups is 2. The van der Waals surface area contributed by atoms with E-state index in [4.69, 9.17) is 5.11 Å². The van der Waals surface area contributed by atoms with Crippen LogP contribution in [0.15, 0.2) is 4.79 Å². The van der Waals surface area contributed by atoms with Crippen molar-refractivity contribution in [3.8, 4) is 10.6 Å². The molecule has 8 nitrogen and oxygen atoms in total. The Hall–Kier alpha value is -2.55. The maximum absolute atomic E-state index is 12.8. The summed E-state index contributed by atoms with van der Waals surface area (Å²) < 4.78 is 1.25. The van der Waals surface area contributed by atoms with E-state index in [1.54, 1.807) is 27.8 Å². The summed E-state index contributed by atoms with van der Waals surface area (Å²) in [5, 5.41) is 13.6. The molecule has 2 rings (SSSR count). The summed E-state index contributed by atoms with van der Waals surface area (Å²) in [7, 11) is 1.57. The van der Waals surface area contributed by atoms with Gasteiger partial charge in [0.15, 0.2) is 0 Å². The molecule has 0 unspecified atom stereocenters. The van der Waals surface area contributed by atoms with Gasteiger partial charge in [-0.15, -0.1) is 11.3 Å². The third-order valence-corrected chi connectivity index (χ3v) is 5.20. The van der Waals surface area contributed by atoms with Gasteiger partial charge in [-0.1, -0.05) is 6.92 Å². The van der Waals surface area contributed by atoms with Gasteiger partial charge in [-0.25, -0.2) is 9.67 Å². The molecule has 0 bridgehead atoms. The van der Waals surface area contributed by atoms with Gasteiger partial charge in [-0.3, -0.25) is 14.4 Å². The van der Waals surface area contributed by atoms with Crippen molar-refractivity contribution < 1.29 is 14.7 Å². The van der Waals surface area contributed by atoms with Crippen LogP contribution in [0, 0.1) is 20.8 Å². The number of hydrogen-bond donors (Lipinski definition) is 1. The Kier molecular flexibility index (Phi) is 5.91. The molecular weight excluding hydrogens is 356 g/mol. The number of nitrogens with zero attached hydrogens (tertiary/aromatic N) is 4. The number of carboxylic acids is 1. The first-order chi connectivity index (χ1) is 12.2. The van der Waals surface area contributed by atoms with Crippen LogP contribution in [0.4, 0.5) is 0 Å². The summed E-state index contributed by atoms with van der Waals surface area (Å²) in [4.78, 5) is 42.4. The van der Waals surface area contributed by atoms with E-state index in [0.717, 1.165) is 16.9 Å². The standard InChI is InChI=1S/C17H22N4O4S/c1-6-7-21(8-12(22)23)17(25)14-11(4)18-15(26-14)13-9(2)10(3)19-20(5)16(13)24/h6-8H2,1-5H3,(H,22,23). The van der Waals surface area contributed by atoms with Crippen LogP contribution in [-0.4, -0.2) is 49.7 Å². The Labute approximate surface area is 155 Å². The molecule has 9 heteroatoms. The molecule has 140 valence electrons. The average Bonchev–Trinajstić information content (AvgIpc) is 2.93. The molecule has 1 N–H and O–H groups in total. The van der Waals surface area contributed by atoms with E-state index in [9.17, 15) is 14.4 Å². The van der Waals surface area contributed by atoms with Gasteiger partial charge in [0.1, 0.15) is 16.4 Å². The van der Waals surface area contributed by atoms with Crippen LogP contribution in [0.2, 0.25) is 0 Å². The molecule has 0 spiro atoms. The minimum Gasteiger partial charge on any atom is -0.480 e. The highest BCUT2D eigenvalue weighted by atomic mass is 32.1. The van der Waals surface area contributed by atoms with E-state index in [1.807, 2.05) is 6.92 Å². The molecule has 0 fully saturated rings. The third-order valence-electron chi connectivity index (χ3n) is 4.04. The van der Waals surface area contributed by atoms with E-state index >= 15 is 0 Å². The number of aryl methyl sites for hydroxylation is 3. The van der Waals surface area contributed by atoms with Gasteiger partial charge in [0.25, 0.3) is 11.5 Å². The molecule has 0 radical (unpaired) electrons. The topological polar surface area (TPSA) is 105 Å². The van der Waals surface area contributed by atoms with Gasteiger partial charge in [-0.05, 0) is 32.8 Å². The Morgan fingerprint density at radius 3 is 2.46 bits per heavy atom. The number of aromatic nitrogens is 3. The number of amides is 1. The molecule has 0 aromatic carbocycles. The second-order valence-electron chi connectivity index (χ2n) is 6.07. The van der Waals surface area contributed by atoms with E-state index in [2.05, 4.69) is 10.1 Å². The minimum absolute atomic E-state index is 0.281. The maximum atomic E-state index is 12.8. The second-order valence-corrected chi connectivity index (χ2v) is 7.07.